The summed E-state index contributed by atoms with van der Waals surface area (Å²) in [4.78, 5) is 12.5. The maximum absolute atomic E-state index is 12.5. The summed E-state index contributed by atoms with van der Waals surface area (Å²) < 4.78 is 1.91. The molecule has 5 nitrogen and oxygen atoms in total. The number of rotatable bonds is 3. The molecule has 1 heterocycles. The van der Waals surface area contributed by atoms with Gasteiger partial charge in [-0.1, -0.05) is 12.1 Å². The summed E-state index contributed by atoms with van der Waals surface area (Å²) in [6.45, 7) is 0.406. The van der Waals surface area contributed by atoms with Gasteiger partial charge in [-0.25, -0.2) is 0 Å². The molecule has 0 aliphatic carbocycles. The van der Waals surface area contributed by atoms with Gasteiger partial charge < -0.3 is 15.6 Å². The van der Waals surface area contributed by atoms with Gasteiger partial charge in [0.2, 0.25) is 0 Å². The highest BCUT2D eigenvalue weighted by molar-refractivity contribution is 6.07. The molecule has 1 amide bonds. The minimum Gasteiger partial charge on any atom is -0.399 e. The van der Waals surface area contributed by atoms with Crippen LogP contribution >= 0.6 is 0 Å². The molecule has 0 bridgehead atoms. The Morgan fingerprint density at radius 1 is 1.26 bits per heavy atom. The molecule has 23 heavy (non-hydrogen) atoms. The molecule has 0 aliphatic rings. The number of benzene rings is 2. The van der Waals surface area contributed by atoms with Gasteiger partial charge in [0.1, 0.15) is 0 Å². The minimum absolute atomic E-state index is 0.148. The summed E-state index contributed by atoms with van der Waals surface area (Å²) >= 11 is 0. The lowest BCUT2D eigenvalue weighted by Gasteiger charge is -2.05. The average Bonchev–Trinajstić information content (AvgIpc) is 2.89. The zero-order valence-electron chi connectivity index (χ0n) is 12.7. The van der Waals surface area contributed by atoms with Crippen molar-refractivity contribution >= 4 is 22.5 Å². The molecule has 0 radical (unpaired) electrons. The number of aryl methyl sites for hydroxylation is 1. The van der Waals surface area contributed by atoms with Gasteiger partial charge in [-0.2, -0.15) is 5.26 Å². The standard InChI is InChI=1S/C18H16N4O/c1-22-11-16(15-8-14(20)6-7-17(15)22)18(23)21-10-13-4-2-12(9-19)3-5-13/h2-8,11H,10,20H2,1H3,(H,21,23). The van der Waals surface area contributed by atoms with Crippen molar-refractivity contribution in [3.8, 4) is 6.07 Å². The van der Waals surface area contributed by atoms with Gasteiger partial charge in [0.25, 0.3) is 5.91 Å². The number of nitriles is 1. The van der Waals surface area contributed by atoms with Crippen LogP contribution in [0.3, 0.4) is 0 Å². The highest BCUT2D eigenvalue weighted by Crippen LogP contribution is 2.23. The van der Waals surface area contributed by atoms with E-state index in [1.165, 1.54) is 0 Å². The van der Waals surface area contributed by atoms with Crippen LogP contribution in [0.2, 0.25) is 0 Å². The van der Waals surface area contributed by atoms with Crippen LogP contribution in [0.5, 0.6) is 0 Å². The molecule has 0 atom stereocenters. The number of hydrogen-bond acceptors (Lipinski definition) is 3. The lowest BCUT2D eigenvalue weighted by molar-refractivity contribution is 0.0952. The largest absolute Gasteiger partial charge is 0.399 e. The van der Waals surface area contributed by atoms with Crippen LogP contribution in [0.25, 0.3) is 10.9 Å². The lowest BCUT2D eigenvalue weighted by Crippen LogP contribution is -2.22. The molecule has 3 rings (SSSR count). The third kappa shape index (κ3) is 2.87. The first-order valence-electron chi connectivity index (χ1n) is 7.20. The maximum atomic E-state index is 12.5. The second kappa shape index (κ2) is 5.85. The molecular formula is C18H16N4O. The number of nitrogens with zero attached hydrogens (tertiary/aromatic N) is 2. The molecule has 0 saturated carbocycles. The Morgan fingerprint density at radius 2 is 2.00 bits per heavy atom. The lowest BCUT2D eigenvalue weighted by atomic mass is 10.1. The normalized spacial score (nSPS) is 10.4. The number of carbonyl (C=O) groups is 1. The second-order valence-electron chi connectivity index (χ2n) is 5.42. The second-order valence-corrected chi connectivity index (χ2v) is 5.42. The SMILES string of the molecule is Cn1cc(C(=O)NCc2ccc(C#N)cc2)c2cc(N)ccc21. The molecule has 114 valence electrons. The molecule has 2 aromatic carbocycles. The molecule has 3 N–H and O–H groups in total. The predicted molar refractivity (Wildman–Crippen MR) is 89.7 cm³/mol. The molecule has 0 aliphatic heterocycles. The van der Waals surface area contributed by atoms with Crippen LogP contribution in [0.15, 0.2) is 48.7 Å². The van der Waals surface area contributed by atoms with Crippen molar-refractivity contribution in [2.24, 2.45) is 7.05 Å². The third-order valence-corrected chi connectivity index (χ3v) is 3.79. The molecular weight excluding hydrogens is 288 g/mol. The predicted octanol–water partition coefficient (Wildman–Crippen LogP) is 2.56. The summed E-state index contributed by atoms with van der Waals surface area (Å²) in [7, 11) is 1.90. The Kier molecular flexibility index (Phi) is 3.73. The fourth-order valence-corrected chi connectivity index (χ4v) is 2.57. The van der Waals surface area contributed by atoms with Gasteiger partial charge in [-0.3, -0.25) is 4.79 Å². The van der Waals surface area contributed by atoms with Gasteiger partial charge >= 0.3 is 0 Å². The van der Waals surface area contributed by atoms with Gasteiger partial charge in [0.15, 0.2) is 0 Å². The number of aromatic nitrogens is 1. The van der Waals surface area contributed by atoms with Crippen LogP contribution in [-0.2, 0) is 13.6 Å². The van der Waals surface area contributed by atoms with Crippen LogP contribution < -0.4 is 11.1 Å². The number of anilines is 1. The zero-order chi connectivity index (χ0) is 16.4. The average molecular weight is 304 g/mol. The molecule has 5 heteroatoms. The van der Waals surface area contributed by atoms with Crippen molar-refractivity contribution in [3.05, 3.63) is 65.4 Å². The summed E-state index contributed by atoms with van der Waals surface area (Å²) in [6.07, 6.45) is 1.80. The van der Waals surface area contributed by atoms with Crippen molar-refractivity contribution in [3.63, 3.8) is 0 Å². The van der Waals surface area contributed by atoms with E-state index >= 15 is 0 Å². The monoisotopic (exact) mass is 304 g/mol. The van der Waals surface area contributed by atoms with E-state index in [0.717, 1.165) is 16.5 Å². The van der Waals surface area contributed by atoms with Crippen molar-refractivity contribution in [2.75, 3.05) is 5.73 Å². The van der Waals surface area contributed by atoms with Gasteiger partial charge in [-0.05, 0) is 35.9 Å². The quantitative estimate of drug-likeness (QED) is 0.729. The van der Waals surface area contributed by atoms with Crippen LogP contribution in [-0.4, -0.2) is 10.5 Å². The van der Waals surface area contributed by atoms with E-state index in [0.29, 0.717) is 23.4 Å². The third-order valence-electron chi connectivity index (χ3n) is 3.79. The fraction of sp³-hybridized carbons (Fsp3) is 0.111. The smallest absolute Gasteiger partial charge is 0.253 e. The van der Waals surface area contributed by atoms with E-state index in [1.54, 1.807) is 18.3 Å². The molecule has 0 spiro atoms. The maximum Gasteiger partial charge on any atom is 0.253 e. The number of nitrogens with two attached hydrogens (primary N) is 1. The molecule has 0 unspecified atom stereocenters. The first-order valence-corrected chi connectivity index (χ1v) is 7.20. The topological polar surface area (TPSA) is 83.8 Å². The van der Waals surface area contributed by atoms with Crippen molar-refractivity contribution in [1.29, 1.82) is 5.26 Å². The highest BCUT2D eigenvalue weighted by atomic mass is 16.1. The van der Waals surface area contributed by atoms with E-state index < -0.39 is 0 Å². The molecule has 3 aromatic rings. The first kappa shape index (κ1) is 14.7. The molecule has 0 fully saturated rings. The van der Waals surface area contributed by atoms with E-state index in [1.807, 2.05) is 41.9 Å². The summed E-state index contributed by atoms with van der Waals surface area (Å²) in [5, 5.41) is 12.5. The number of carbonyl (C=O) groups excluding carboxylic acids is 1. The number of fused-ring (bicyclic) bond motifs is 1. The van der Waals surface area contributed by atoms with E-state index in [-0.39, 0.29) is 5.91 Å². The number of nitrogen functional groups attached to an aromatic ring is 1. The van der Waals surface area contributed by atoms with E-state index in [4.69, 9.17) is 11.0 Å². The van der Waals surface area contributed by atoms with Crippen molar-refractivity contribution in [1.82, 2.24) is 9.88 Å². The van der Waals surface area contributed by atoms with E-state index in [9.17, 15) is 4.79 Å². The Balaban J connectivity index is 1.80. The Bertz CT molecular complexity index is 917. The van der Waals surface area contributed by atoms with Crippen LogP contribution in [0, 0.1) is 11.3 Å². The van der Waals surface area contributed by atoms with Crippen LogP contribution in [0.1, 0.15) is 21.5 Å². The van der Waals surface area contributed by atoms with Gasteiger partial charge in [0.05, 0.1) is 17.2 Å². The minimum atomic E-state index is -0.148. The van der Waals surface area contributed by atoms with Crippen LogP contribution in [0.4, 0.5) is 5.69 Å². The first-order chi connectivity index (χ1) is 11.1. The van der Waals surface area contributed by atoms with Gasteiger partial charge in [-0.15, -0.1) is 0 Å². The van der Waals surface area contributed by atoms with Crippen molar-refractivity contribution in [2.45, 2.75) is 6.54 Å². The van der Waals surface area contributed by atoms with Gasteiger partial charge in [0, 0.05) is 36.4 Å². The van der Waals surface area contributed by atoms with E-state index in [2.05, 4.69) is 11.4 Å². The Labute approximate surface area is 133 Å². The summed E-state index contributed by atoms with van der Waals surface area (Å²) in [5.74, 6) is -0.148. The number of hydrogen-bond donors (Lipinski definition) is 2. The molecule has 1 aromatic heterocycles. The number of nitrogens with one attached hydrogen (secondary N) is 1. The van der Waals surface area contributed by atoms with Crippen molar-refractivity contribution < 1.29 is 4.79 Å². The zero-order valence-corrected chi connectivity index (χ0v) is 12.7. The summed E-state index contributed by atoms with van der Waals surface area (Å²) in [6, 6.07) is 14.7. The summed E-state index contributed by atoms with van der Waals surface area (Å²) in [5.41, 5.74) is 9.56. The number of amides is 1. The highest BCUT2D eigenvalue weighted by Gasteiger charge is 2.13. The Hall–Kier alpha value is -3.26. The molecule has 0 saturated heterocycles. The fourth-order valence-electron chi connectivity index (χ4n) is 2.57. The Morgan fingerprint density at radius 3 is 2.70 bits per heavy atom.